The molecule has 2 amide bonds. The van der Waals surface area contributed by atoms with Crippen LogP contribution in [0.4, 0.5) is 5.69 Å². The molecule has 0 spiro atoms. The van der Waals surface area contributed by atoms with Crippen molar-refractivity contribution >= 4 is 29.3 Å². The molecule has 7 heteroatoms. The van der Waals surface area contributed by atoms with Crippen molar-refractivity contribution in [1.82, 2.24) is 9.88 Å². The summed E-state index contributed by atoms with van der Waals surface area (Å²) in [4.78, 5) is 30.1. The Kier molecular flexibility index (Phi) is 4.89. The molecule has 1 saturated heterocycles. The second kappa shape index (κ2) is 7.09. The van der Waals surface area contributed by atoms with Gasteiger partial charge in [0.1, 0.15) is 6.04 Å². The Morgan fingerprint density at radius 1 is 1.38 bits per heavy atom. The Bertz CT molecular complexity index is 742. The van der Waals surface area contributed by atoms with E-state index in [0.717, 1.165) is 5.56 Å². The van der Waals surface area contributed by atoms with Crippen molar-refractivity contribution in [1.29, 1.82) is 0 Å². The Hall–Kier alpha value is -2.28. The highest BCUT2D eigenvalue weighted by Crippen LogP contribution is 2.25. The monoisotopic (exact) mass is 345 g/mol. The molecule has 1 aromatic carbocycles. The molecule has 0 radical (unpaired) electrons. The minimum atomic E-state index is -0.404. The zero-order valence-corrected chi connectivity index (χ0v) is 14.4. The third kappa shape index (κ3) is 3.46. The number of rotatable bonds is 4. The molecule has 24 heavy (non-hydrogen) atoms. The number of nitrogens with zero attached hydrogens (tertiary/aromatic N) is 2. The van der Waals surface area contributed by atoms with Crippen molar-refractivity contribution in [3.8, 4) is 11.3 Å². The standard InChI is InChI=1S/C17H19N3O3S/c1-3-16(21)20-10-24-9-14(20)17(22)19-13-6-4-12(5-7-13)15-8-18-11(2)23-15/h4-8,14H,3,9-10H2,1-2H3,(H,19,22)/t14-/m1/s1. The lowest BCUT2D eigenvalue weighted by Crippen LogP contribution is -2.44. The maximum atomic E-state index is 12.5. The number of oxazole rings is 1. The quantitative estimate of drug-likeness (QED) is 0.922. The summed E-state index contributed by atoms with van der Waals surface area (Å²) in [5, 5.41) is 2.88. The van der Waals surface area contributed by atoms with E-state index in [4.69, 9.17) is 4.42 Å². The number of hydrogen-bond donors (Lipinski definition) is 1. The van der Waals surface area contributed by atoms with Gasteiger partial charge < -0.3 is 14.6 Å². The Labute approximate surface area is 144 Å². The summed E-state index contributed by atoms with van der Waals surface area (Å²) < 4.78 is 5.48. The van der Waals surface area contributed by atoms with Gasteiger partial charge in [-0.3, -0.25) is 9.59 Å². The number of nitrogens with one attached hydrogen (secondary N) is 1. The number of aromatic nitrogens is 1. The van der Waals surface area contributed by atoms with Gasteiger partial charge in [-0.15, -0.1) is 11.8 Å². The van der Waals surface area contributed by atoms with Gasteiger partial charge in [0.2, 0.25) is 11.8 Å². The first-order chi connectivity index (χ1) is 11.6. The van der Waals surface area contributed by atoms with Gasteiger partial charge in [-0.25, -0.2) is 4.98 Å². The van der Waals surface area contributed by atoms with Crippen LogP contribution in [0.25, 0.3) is 11.3 Å². The molecule has 126 valence electrons. The Morgan fingerprint density at radius 2 is 2.12 bits per heavy atom. The fraction of sp³-hybridized carbons (Fsp3) is 0.353. The minimum Gasteiger partial charge on any atom is -0.441 e. The van der Waals surface area contributed by atoms with Crippen molar-refractivity contribution in [2.24, 2.45) is 0 Å². The lowest BCUT2D eigenvalue weighted by Gasteiger charge is -2.22. The summed E-state index contributed by atoms with van der Waals surface area (Å²) in [5.41, 5.74) is 1.59. The average molecular weight is 345 g/mol. The summed E-state index contributed by atoms with van der Waals surface area (Å²) in [6.45, 7) is 3.60. The van der Waals surface area contributed by atoms with Crippen LogP contribution in [0.5, 0.6) is 0 Å². The first-order valence-electron chi connectivity index (χ1n) is 7.79. The van der Waals surface area contributed by atoms with E-state index in [9.17, 15) is 9.59 Å². The number of hydrogen-bond acceptors (Lipinski definition) is 5. The fourth-order valence-corrected chi connectivity index (χ4v) is 3.73. The van der Waals surface area contributed by atoms with Crippen LogP contribution in [0.15, 0.2) is 34.9 Å². The van der Waals surface area contributed by atoms with Gasteiger partial charge in [0, 0.05) is 30.3 Å². The van der Waals surface area contributed by atoms with E-state index in [1.54, 1.807) is 29.8 Å². The number of benzene rings is 1. The zero-order valence-electron chi connectivity index (χ0n) is 13.6. The van der Waals surface area contributed by atoms with E-state index in [-0.39, 0.29) is 11.8 Å². The summed E-state index contributed by atoms with van der Waals surface area (Å²) >= 11 is 1.60. The van der Waals surface area contributed by atoms with E-state index < -0.39 is 6.04 Å². The van der Waals surface area contributed by atoms with E-state index in [1.165, 1.54) is 0 Å². The Morgan fingerprint density at radius 3 is 2.75 bits per heavy atom. The predicted octanol–water partition coefficient (Wildman–Crippen LogP) is 2.90. The van der Waals surface area contributed by atoms with Crippen molar-refractivity contribution in [2.45, 2.75) is 26.3 Å². The molecule has 1 N–H and O–H groups in total. The van der Waals surface area contributed by atoms with Crippen molar-refractivity contribution in [3.05, 3.63) is 36.4 Å². The van der Waals surface area contributed by atoms with Crippen molar-refractivity contribution in [2.75, 3.05) is 16.9 Å². The smallest absolute Gasteiger partial charge is 0.248 e. The zero-order chi connectivity index (χ0) is 17.1. The predicted molar refractivity (Wildman–Crippen MR) is 93.6 cm³/mol. The second-order valence-corrected chi connectivity index (χ2v) is 6.54. The number of anilines is 1. The van der Waals surface area contributed by atoms with E-state index in [1.807, 2.05) is 31.2 Å². The number of carbonyl (C=O) groups is 2. The highest BCUT2D eigenvalue weighted by Gasteiger charge is 2.33. The SMILES string of the molecule is CCC(=O)N1CSC[C@@H]1C(=O)Nc1ccc(-c2cnc(C)o2)cc1. The summed E-state index contributed by atoms with van der Waals surface area (Å²) in [7, 11) is 0. The number of aryl methyl sites for hydroxylation is 1. The molecule has 2 heterocycles. The molecule has 1 fully saturated rings. The lowest BCUT2D eigenvalue weighted by atomic mass is 10.1. The highest BCUT2D eigenvalue weighted by molar-refractivity contribution is 7.99. The van der Waals surface area contributed by atoms with Crippen LogP contribution in [0.3, 0.4) is 0 Å². The molecule has 3 rings (SSSR count). The maximum Gasteiger partial charge on any atom is 0.248 e. The van der Waals surface area contributed by atoms with Crippen LogP contribution in [0.2, 0.25) is 0 Å². The summed E-state index contributed by atoms with van der Waals surface area (Å²) in [6.07, 6.45) is 2.09. The van der Waals surface area contributed by atoms with Crippen LogP contribution in [-0.4, -0.2) is 39.4 Å². The van der Waals surface area contributed by atoms with E-state index in [2.05, 4.69) is 10.3 Å². The number of thioether (sulfide) groups is 1. The molecule has 0 bridgehead atoms. The Balaban J connectivity index is 1.67. The van der Waals surface area contributed by atoms with E-state index in [0.29, 0.717) is 35.4 Å². The van der Waals surface area contributed by atoms with Gasteiger partial charge >= 0.3 is 0 Å². The lowest BCUT2D eigenvalue weighted by molar-refractivity contribution is -0.135. The number of amides is 2. The second-order valence-electron chi connectivity index (χ2n) is 5.54. The normalized spacial score (nSPS) is 17.1. The topological polar surface area (TPSA) is 75.4 Å². The molecular weight excluding hydrogens is 326 g/mol. The first-order valence-corrected chi connectivity index (χ1v) is 8.95. The van der Waals surface area contributed by atoms with Gasteiger partial charge in [0.05, 0.1) is 12.1 Å². The molecule has 0 aliphatic carbocycles. The largest absolute Gasteiger partial charge is 0.441 e. The average Bonchev–Trinajstić information content (AvgIpc) is 3.24. The molecule has 1 aliphatic heterocycles. The maximum absolute atomic E-state index is 12.5. The van der Waals surface area contributed by atoms with Gasteiger partial charge in [-0.2, -0.15) is 0 Å². The molecule has 6 nitrogen and oxygen atoms in total. The van der Waals surface area contributed by atoms with Crippen LogP contribution < -0.4 is 5.32 Å². The van der Waals surface area contributed by atoms with Gasteiger partial charge in [0.15, 0.2) is 11.7 Å². The summed E-state index contributed by atoms with van der Waals surface area (Å²) in [5.74, 6) is 2.38. The molecular formula is C17H19N3O3S. The third-order valence-corrected chi connectivity index (χ3v) is 4.88. The van der Waals surface area contributed by atoms with Crippen LogP contribution >= 0.6 is 11.8 Å². The third-order valence-electron chi connectivity index (χ3n) is 3.87. The minimum absolute atomic E-state index is 0.0104. The van der Waals surface area contributed by atoms with Gasteiger partial charge in [-0.1, -0.05) is 6.92 Å². The highest BCUT2D eigenvalue weighted by atomic mass is 32.2. The molecule has 0 saturated carbocycles. The van der Waals surface area contributed by atoms with E-state index >= 15 is 0 Å². The molecule has 1 aliphatic rings. The van der Waals surface area contributed by atoms with Gasteiger partial charge in [-0.05, 0) is 24.3 Å². The van der Waals surface area contributed by atoms with Crippen LogP contribution in [0, 0.1) is 6.92 Å². The van der Waals surface area contributed by atoms with Crippen molar-refractivity contribution < 1.29 is 14.0 Å². The fourth-order valence-electron chi connectivity index (χ4n) is 2.55. The van der Waals surface area contributed by atoms with Gasteiger partial charge in [0.25, 0.3) is 0 Å². The molecule has 0 unspecified atom stereocenters. The molecule has 1 aromatic heterocycles. The van der Waals surface area contributed by atoms with Crippen LogP contribution in [0.1, 0.15) is 19.2 Å². The van der Waals surface area contributed by atoms with Crippen molar-refractivity contribution in [3.63, 3.8) is 0 Å². The molecule has 1 atom stereocenters. The molecule has 2 aromatic rings. The summed E-state index contributed by atoms with van der Waals surface area (Å²) in [6, 6.07) is 6.97. The van der Waals surface area contributed by atoms with Crippen LogP contribution in [-0.2, 0) is 9.59 Å². The number of carbonyl (C=O) groups excluding carboxylic acids is 2. The first kappa shape index (κ1) is 16.6.